The van der Waals surface area contributed by atoms with E-state index in [4.69, 9.17) is 4.74 Å². The van der Waals surface area contributed by atoms with Crippen molar-refractivity contribution in [3.05, 3.63) is 32.8 Å². The zero-order valence-electron chi connectivity index (χ0n) is 13.1. The second-order valence-electron chi connectivity index (χ2n) is 4.62. The number of nitro groups is 1. The Morgan fingerprint density at radius 3 is 2.71 bits per heavy atom. The third kappa shape index (κ3) is 3.68. The topological polar surface area (TPSA) is 126 Å². The molecule has 0 saturated heterocycles. The quantitative estimate of drug-likeness (QED) is 0.474. The lowest BCUT2D eigenvalue weighted by Crippen LogP contribution is -2.19. The van der Waals surface area contributed by atoms with Crippen LogP contribution in [0.5, 0.6) is 5.88 Å². The first kappa shape index (κ1) is 17.4. The van der Waals surface area contributed by atoms with Crippen LogP contribution in [0, 0.1) is 17.0 Å². The Morgan fingerprint density at radius 2 is 2.17 bits per heavy atom. The molecule has 10 nitrogen and oxygen atoms in total. The number of hydrogen-bond donors (Lipinski definition) is 1. The molecular weight excluding hydrogens is 340 g/mol. The first-order valence-corrected chi connectivity index (χ1v) is 7.41. The van der Waals surface area contributed by atoms with E-state index in [-0.39, 0.29) is 23.7 Å². The van der Waals surface area contributed by atoms with E-state index in [1.54, 1.807) is 13.0 Å². The van der Waals surface area contributed by atoms with E-state index in [9.17, 15) is 19.7 Å². The van der Waals surface area contributed by atoms with Gasteiger partial charge in [-0.1, -0.05) is 0 Å². The van der Waals surface area contributed by atoms with E-state index in [1.165, 1.54) is 25.6 Å². The number of esters is 1. The fourth-order valence-electron chi connectivity index (χ4n) is 1.93. The van der Waals surface area contributed by atoms with Crippen molar-refractivity contribution in [1.82, 2.24) is 9.78 Å². The van der Waals surface area contributed by atoms with Gasteiger partial charge in [-0.3, -0.25) is 19.6 Å². The highest BCUT2D eigenvalue weighted by Crippen LogP contribution is 2.28. The average molecular weight is 354 g/mol. The Labute approximate surface area is 140 Å². The van der Waals surface area contributed by atoms with Crippen molar-refractivity contribution in [2.24, 2.45) is 0 Å². The molecule has 2 aromatic rings. The average Bonchev–Trinajstić information content (AvgIpc) is 3.09. The lowest BCUT2D eigenvalue weighted by Gasteiger charge is -2.05. The number of methoxy groups -OCH3 is 2. The molecule has 11 heteroatoms. The predicted molar refractivity (Wildman–Crippen MR) is 84.5 cm³/mol. The molecule has 0 aromatic carbocycles. The second kappa shape index (κ2) is 7.08. The van der Waals surface area contributed by atoms with Crippen LogP contribution >= 0.6 is 11.3 Å². The minimum atomic E-state index is -0.655. The van der Waals surface area contributed by atoms with Crippen LogP contribution in [0.1, 0.15) is 15.2 Å². The second-order valence-corrected chi connectivity index (χ2v) is 5.87. The normalized spacial score (nSPS) is 10.3. The summed E-state index contributed by atoms with van der Waals surface area (Å²) >= 11 is 1.22. The molecule has 2 aromatic heterocycles. The van der Waals surface area contributed by atoms with Crippen molar-refractivity contribution >= 4 is 33.9 Å². The molecule has 2 heterocycles. The third-order valence-electron chi connectivity index (χ3n) is 2.92. The van der Waals surface area contributed by atoms with E-state index >= 15 is 0 Å². The van der Waals surface area contributed by atoms with Gasteiger partial charge in [-0.25, -0.2) is 4.79 Å². The smallest absolute Gasteiger partial charge is 0.350 e. The molecule has 0 unspecified atom stereocenters. The molecule has 1 amide bonds. The number of carbonyl (C=O) groups is 2. The van der Waals surface area contributed by atoms with E-state index in [2.05, 4.69) is 15.2 Å². The molecule has 0 radical (unpaired) electrons. The maximum absolute atomic E-state index is 12.1. The van der Waals surface area contributed by atoms with E-state index < -0.39 is 16.8 Å². The van der Waals surface area contributed by atoms with Crippen LogP contribution in [0.3, 0.4) is 0 Å². The van der Waals surface area contributed by atoms with Gasteiger partial charge in [0.2, 0.25) is 5.91 Å². The third-order valence-corrected chi connectivity index (χ3v) is 3.88. The number of rotatable bonds is 6. The molecule has 0 saturated carbocycles. The van der Waals surface area contributed by atoms with Gasteiger partial charge in [-0.05, 0) is 13.0 Å². The van der Waals surface area contributed by atoms with E-state index in [0.29, 0.717) is 5.00 Å². The van der Waals surface area contributed by atoms with Crippen molar-refractivity contribution in [2.45, 2.75) is 13.5 Å². The lowest BCUT2D eigenvalue weighted by atomic mass is 10.3. The fraction of sp³-hybridized carbons (Fsp3) is 0.308. The van der Waals surface area contributed by atoms with Crippen LogP contribution in [0.25, 0.3) is 0 Å². The molecule has 2 rings (SSSR count). The van der Waals surface area contributed by atoms with Crippen LogP contribution in [0.15, 0.2) is 12.3 Å². The molecule has 0 aliphatic heterocycles. The maximum atomic E-state index is 12.1. The number of hydrogen-bond acceptors (Lipinski definition) is 8. The van der Waals surface area contributed by atoms with Gasteiger partial charge in [0.1, 0.15) is 17.7 Å². The molecule has 0 aliphatic carbocycles. The highest BCUT2D eigenvalue weighted by atomic mass is 32.1. The van der Waals surface area contributed by atoms with Crippen molar-refractivity contribution in [3.8, 4) is 5.88 Å². The van der Waals surface area contributed by atoms with Gasteiger partial charge in [-0.2, -0.15) is 0 Å². The van der Waals surface area contributed by atoms with Crippen LogP contribution < -0.4 is 10.1 Å². The molecule has 0 bridgehead atoms. The number of carbonyl (C=O) groups excluding carboxylic acids is 2. The van der Waals surface area contributed by atoms with Crippen molar-refractivity contribution in [1.29, 1.82) is 0 Å². The number of aryl methyl sites for hydroxylation is 1. The van der Waals surface area contributed by atoms with Crippen molar-refractivity contribution < 1.29 is 24.0 Å². The van der Waals surface area contributed by atoms with Crippen molar-refractivity contribution in [2.75, 3.05) is 19.5 Å². The van der Waals surface area contributed by atoms with Gasteiger partial charge < -0.3 is 14.8 Å². The minimum Gasteiger partial charge on any atom is -0.475 e. The number of thiophene rings is 1. The molecule has 24 heavy (non-hydrogen) atoms. The predicted octanol–water partition coefficient (Wildman–Crippen LogP) is 1.60. The first-order valence-electron chi connectivity index (χ1n) is 6.60. The summed E-state index contributed by atoms with van der Waals surface area (Å²) in [6, 6.07) is 1.61. The van der Waals surface area contributed by atoms with Gasteiger partial charge in [0.25, 0.3) is 0 Å². The monoisotopic (exact) mass is 354 g/mol. The number of nitrogens with one attached hydrogen (secondary N) is 1. The lowest BCUT2D eigenvalue weighted by molar-refractivity contribution is -0.385. The molecule has 128 valence electrons. The largest absolute Gasteiger partial charge is 0.475 e. The molecule has 0 fully saturated rings. The summed E-state index contributed by atoms with van der Waals surface area (Å²) in [6.07, 6.45) is 1.10. The maximum Gasteiger partial charge on any atom is 0.350 e. The van der Waals surface area contributed by atoms with E-state index in [1.807, 2.05) is 0 Å². The molecule has 1 N–H and O–H groups in total. The summed E-state index contributed by atoms with van der Waals surface area (Å²) in [6.45, 7) is 1.51. The molecular formula is C13H14N4O6S. The van der Waals surface area contributed by atoms with Gasteiger partial charge in [0.15, 0.2) is 0 Å². The summed E-state index contributed by atoms with van der Waals surface area (Å²) in [5.74, 6) is -1.25. The zero-order chi connectivity index (χ0) is 17.9. The van der Waals surface area contributed by atoms with Crippen LogP contribution in [-0.4, -0.2) is 40.8 Å². The molecule has 0 aliphatic rings. The molecule has 0 spiro atoms. The summed E-state index contributed by atoms with van der Waals surface area (Å²) < 4.78 is 10.5. The Balaban J connectivity index is 2.14. The number of amides is 1. The van der Waals surface area contributed by atoms with Gasteiger partial charge in [0, 0.05) is 4.88 Å². The SMILES string of the molecule is COC(=O)c1cc(C)sc1NC(=O)Cn1cc([N+](=O)[O-])c(OC)n1. The summed E-state index contributed by atoms with van der Waals surface area (Å²) in [4.78, 5) is 34.8. The Kier molecular flexibility index (Phi) is 5.14. The van der Waals surface area contributed by atoms with Crippen LogP contribution in [0.2, 0.25) is 0 Å². The standard InChI is InChI=1S/C13H14N4O6S/c1-7-4-8(13(19)23-3)12(24-7)14-10(18)6-16-5-9(17(20)21)11(15-16)22-2/h4-5H,6H2,1-3H3,(H,14,18). The van der Waals surface area contributed by atoms with Gasteiger partial charge >= 0.3 is 17.5 Å². The highest BCUT2D eigenvalue weighted by molar-refractivity contribution is 7.16. The number of aromatic nitrogens is 2. The number of nitrogens with zero attached hydrogens (tertiary/aromatic N) is 3. The number of anilines is 1. The number of ether oxygens (including phenoxy) is 2. The van der Waals surface area contributed by atoms with Gasteiger partial charge in [0.05, 0.1) is 24.7 Å². The highest BCUT2D eigenvalue weighted by Gasteiger charge is 2.22. The minimum absolute atomic E-state index is 0.185. The first-order chi connectivity index (χ1) is 11.3. The summed E-state index contributed by atoms with van der Waals surface area (Å²) in [7, 11) is 2.49. The Hall–Kier alpha value is -2.95. The summed E-state index contributed by atoms with van der Waals surface area (Å²) in [5.41, 5.74) is -0.0927. The molecule has 0 atom stereocenters. The fourth-order valence-corrected chi connectivity index (χ4v) is 2.84. The zero-order valence-corrected chi connectivity index (χ0v) is 13.9. The van der Waals surface area contributed by atoms with Crippen molar-refractivity contribution in [3.63, 3.8) is 0 Å². The Bertz CT molecular complexity index is 796. The van der Waals surface area contributed by atoms with Crippen LogP contribution in [-0.2, 0) is 16.1 Å². The van der Waals surface area contributed by atoms with E-state index in [0.717, 1.165) is 15.8 Å². The van der Waals surface area contributed by atoms with Gasteiger partial charge in [-0.15, -0.1) is 16.4 Å². The Morgan fingerprint density at radius 1 is 1.46 bits per heavy atom. The summed E-state index contributed by atoms with van der Waals surface area (Å²) in [5, 5.41) is 17.6. The van der Waals surface area contributed by atoms with Crippen LogP contribution in [0.4, 0.5) is 10.7 Å².